The number of alkyl halides is 9. The van der Waals surface area contributed by atoms with Crippen molar-refractivity contribution in [2.45, 2.75) is 43.5 Å². The van der Waals surface area contributed by atoms with Gasteiger partial charge in [-0.25, -0.2) is 14.4 Å². The van der Waals surface area contributed by atoms with Crippen molar-refractivity contribution < 1.29 is 78.8 Å². The van der Waals surface area contributed by atoms with Crippen molar-refractivity contribution in [3.05, 3.63) is 30.1 Å². The molecule has 2 aliphatic heterocycles. The van der Waals surface area contributed by atoms with Crippen LogP contribution in [0, 0.1) is 0 Å². The number of carbonyl (C=O) groups is 5. The van der Waals surface area contributed by atoms with Crippen LogP contribution in [0.5, 0.6) is 0 Å². The molecule has 2 amide bonds. The van der Waals surface area contributed by atoms with E-state index >= 15 is 0 Å². The molecule has 1 aromatic heterocycles. The molecule has 0 aliphatic carbocycles. The smallest absolute Gasteiger partial charge is 0.475 e. The lowest BCUT2D eigenvalue weighted by molar-refractivity contribution is -0.193. The van der Waals surface area contributed by atoms with Crippen LogP contribution in [0.25, 0.3) is 0 Å². The van der Waals surface area contributed by atoms with Crippen LogP contribution in [0.15, 0.2) is 24.5 Å². The minimum atomic E-state index is -5.08. The third-order valence-electron chi connectivity index (χ3n) is 6.51. The van der Waals surface area contributed by atoms with Crippen molar-refractivity contribution in [1.82, 2.24) is 24.6 Å². The first-order valence-electron chi connectivity index (χ1n) is 13.0. The Morgan fingerprint density at radius 3 is 1.51 bits per heavy atom. The van der Waals surface area contributed by atoms with Crippen molar-refractivity contribution in [3.8, 4) is 0 Å². The number of pyridine rings is 1. The molecule has 13 nitrogen and oxygen atoms in total. The molecule has 3 heterocycles. The van der Waals surface area contributed by atoms with Crippen LogP contribution in [0.3, 0.4) is 0 Å². The number of likely N-dealkylation sites (N-methyl/N-ethyl adjacent to an activating group) is 2. The number of aromatic nitrogens is 1. The summed E-state index contributed by atoms with van der Waals surface area (Å²) >= 11 is 0. The second-order valence-corrected chi connectivity index (χ2v) is 10.0. The minimum absolute atomic E-state index is 0.0202. The molecule has 268 valence electrons. The van der Waals surface area contributed by atoms with Gasteiger partial charge < -0.3 is 25.1 Å². The predicted molar refractivity (Wildman–Crippen MR) is 140 cm³/mol. The fourth-order valence-electron chi connectivity index (χ4n) is 3.92. The zero-order valence-electron chi connectivity index (χ0n) is 25.0. The second-order valence-electron chi connectivity index (χ2n) is 10.0. The Labute approximate surface area is 261 Å². The zero-order valence-corrected chi connectivity index (χ0v) is 25.0. The number of hydrogen-bond donors (Lipinski definition) is 3. The molecule has 2 aliphatic rings. The first-order chi connectivity index (χ1) is 21.3. The highest BCUT2D eigenvalue weighted by atomic mass is 19.4. The molecule has 0 bridgehead atoms. The summed E-state index contributed by atoms with van der Waals surface area (Å²) in [6, 6.07) is 4.08. The Balaban J connectivity index is 0.000000820. The quantitative estimate of drug-likeness (QED) is 0.393. The molecule has 0 atom stereocenters. The van der Waals surface area contributed by atoms with E-state index < -0.39 is 42.0 Å². The van der Waals surface area contributed by atoms with Crippen molar-refractivity contribution in [1.29, 1.82) is 0 Å². The number of carbonyl (C=O) groups excluding carboxylic acids is 2. The summed E-state index contributed by atoms with van der Waals surface area (Å²) in [5.41, 5.74) is 0.789. The molecular weight excluding hydrogens is 669 g/mol. The Bertz CT molecular complexity index is 1150. The van der Waals surface area contributed by atoms with Crippen molar-refractivity contribution in [2.75, 3.05) is 53.9 Å². The Morgan fingerprint density at radius 1 is 0.787 bits per heavy atom. The van der Waals surface area contributed by atoms with E-state index in [4.69, 9.17) is 29.7 Å². The topological polar surface area (TPSA) is 172 Å². The van der Waals surface area contributed by atoms with Crippen LogP contribution < -0.4 is 0 Å². The molecule has 1 aromatic rings. The molecule has 2 fully saturated rings. The molecule has 47 heavy (non-hydrogen) atoms. The van der Waals surface area contributed by atoms with Gasteiger partial charge in [-0.2, -0.15) is 39.5 Å². The Hall–Kier alpha value is -4.21. The molecule has 3 rings (SSSR count). The average Bonchev–Trinajstić information content (AvgIpc) is 2.94. The van der Waals surface area contributed by atoms with Gasteiger partial charge in [-0.15, -0.1) is 0 Å². The summed E-state index contributed by atoms with van der Waals surface area (Å²) in [5, 5.41) is 21.4. The van der Waals surface area contributed by atoms with Gasteiger partial charge in [0, 0.05) is 59.2 Å². The summed E-state index contributed by atoms with van der Waals surface area (Å²) in [6.45, 7) is 4.28. The number of aliphatic carboxylic acids is 3. The highest BCUT2D eigenvalue weighted by Crippen LogP contribution is 2.33. The molecule has 22 heteroatoms. The summed E-state index contributed by atoms with van der Waals surface area (Å²) < 4.78 is 95.2. The van der Waals surface area contributed by atoms with E-state index in [9.17, 15) is 49.1 Å². The van der Waals surface area contributed by atoms with Gasteiger partial charge in [0.1, 0.15) is 5.54 Å². The van der Waals surface area contributed by atoms with Gasteiger partial charge in [-0.05, 0) is 37.6 Å². The average molecular weight is 702 g/mol. The summed E-state index contributed by atoms with van der Waals surface area (Å²) in [4.78, 5) is 63.9. The number of piperazine rings is 1. The van der Waals surface area contributed by atoms with Crippen LogP contribution in [-0.2, 0) is 30.5 Å². The maximum absolute atomic E-state index is 13.2. The van der Waals surface area contributed by atoms with E-state index in [2.05, 4.69) is 14.8 Å². The van der Waals surface area contributed by atoms with E-state index in [0.29, 0.717) is 6.54 Å². The normalized spacial score (nSPS) is 16.8. The lowest BCUT2D eigenvalue weighted by Gasteiger charge is -2.51. The summed E-state index contributed by atoms with van der Waals surface area (Å²) in [5.74, 6) is -8.18. The highest BCUT2D eigenvalue weighted by Gasteiger charge is 2.49. The van der Waals surface area contributed by atoms with E-state index in [-0.39, 0.29) is 18.4 Å². The van der Waals surface area contributed by atoms with Gasteiger partial charge >= 0.3 is 36.4 Å². The monoisotopic (exact) mass is 701 g/mol. The highest BCUT2D eigenvalue weighted by molar-refractivity contribution is 5.91. The number of carboxylic acid groups (broad SMARTS) is 3. The molecule has 0 saturated carbocycles. The van der Waals surface area contributed by atoms with Crippen LogP contribution in [0.4, 0.5) is 39.5 Å². The number of piperidine rings is 1. The molecule has 3 N–H and O–H groups in total. The van der Waals surface area contributed by atoms with Gasteiger partial charge in [0.2, 0.25) is 11.8 Å². The number of rotatable bonds is 4. The minimum Gasteiger partial charge on any atom is -0.475 e. The molecule has 2 saturated heterocycles. The second kappa shape index (κ2) is 17.6. The molecule has 0 unspecified atom stereocenters. The number of nitrogens with zero attached hydrogens (tertiary/aromatic N) is 5. The molecular formula is C25H32F9N5O8. The van der Waals surface area contributed by atoms with Crippen LogP contribution in [0.2, 0.25) is 0 Å². The van der Waals surface area contributed by atoms with E-state index in [1.807, 2.05) is 31.6 Å². The van der Waals surface area contributed by atoms with Gasteiger partial charge in [0.15, 0.2) is 0 Å². The number of halogens is 9. The number of carboxylic acids is 3. The van der Waals surface area contributed by atoms with Crippen molar-refractivity contribution >= 4 is 29.7 Å². The zero-order chi connectivity index (χ0) is 37.0. The number of amides is 2. The van der Waals surface area contributed by atoms with Crippen molar-refractivity contribution in [2.24, 2.45) is 0 Å². The largest absolute Gasteiger partial charge is 0.490 e. The SMILES string of the molecule is CN(C)C(=O)CN1CCN(C)C2(CCN(Cc3ccncc3)CC2)C1=O.O=C(O)C(F)(F)F.O=C(O)C(F)(F)F.O=C(O)C(F)(F)F. The third kappa shape index (κ3) is 14.8. The first-order valence-corrected chi connectivity index (χ1v) is 13.0. The van der Waals surface area contributed by atoms with Gasteiger partial charge in [0.25, 0.3) is 0 Å². The van der Waals surface area contributed by atoms with Gasteiger partial charge in [0.05, 0.1) is 6.54 Å². The number of likely N-dealkylation sites (tertiary alicyclic amines) is 1. The van der Waals surface area contributed by atoms with Crippen molar-refractivity contribution in [3.63, 3.8) is 0 Å². The summed E-state index contributed by atoms with van der Waals surface area (Å²) in [6.07, 6.45) is -10.0. The molecule has 0 aromatic carbocycles. The fourth-order valence-corrected chi connectivity index (χ4v) is 3.92. The van der Waals surface area contributed by atoms with Crippen LogP contribution >= 0.6 is 0 Å². The number of hydrogen-bond acceptors (Lipinski definition) is 8. The Kier molecular flexibility index (Phi) is 16.1. The van der Waals surface area contributed by atoms with E-state index in [1.165, 1.54) is 5.56 Å². The lowest BCUT2D eigenvalue weighted by atomic mass is 9.82. The first kappa shape index (κ1) is 42.8. The fraction of sp³-hybridized carbons (Fsp3) is 0.600. The van der Waals surface area contributed by atoms with E-state index in [0.717, 1.165) is 39.0 Å². The maximum atomic E-state index is 13.2. The van der Waals surface area contributed by atoms with E-state index in [1.54, 1.807) is 23.9 Å². The standard InChI is InChI=1S/C19H29N5O2.3C2HF3O2/c1-21(2)17(25)15-24-13-12-22(3)19(18(24)26)6-10-23(11-7-19)14-16-4-8-20-9-5-16;3*3-2(4,5)1(6)7/h4-5,8-9H,6-7,10-15H2,1-3H3;3*(H,6,7). The maximum Gasteiger partial charge on any atom is 0.490 e. The third-order valence-corrected chi connectivity index (χ3v) is 6.51. The lowest BCUT2D eigenvalue weighted by Crippen LogP contribution is -2.68. The molecule has 1 spiro atoms. The predicted octanol–water partition coefficient (Wildman–Crippen LogP) is 2.18. The summed E-state index contributed by atoms with van der Waals surface area (Å²) in [7, 11) is 5.51. The molecule has 0 radical (unpaired) electrons. The van der Waals surface area contributed by atoms with Crippen LogP contribution in [-0.4, -0.2) is 148 Å². The van der Waals surface area contributed by atoms with Gasteiger partial charge in [-0.3, -0.25) is 24.4 Å². The van der Waals surface area contributed by atoms with Gasteiger partial charge in [-0.1, -0.05) is 0 Å². The Morgan fingerprint density at radius 2 is 1.17 bits per heavy atom. The van der Waals surface area contributed by atoms with Crippen LogP contribution in [0.1, 0.15) is 18.4 Å².